The second kappa shape index (κ2) is 4.77. The Morgan fingerprint density at radius 3 is 2.88 bits per heavy atom. The van der Waals surface area contributed by atoms with E-state index in [0.717, 1.165) is 25.1 Å². The molecule has 1 aromatic heterocycles. The Bertz CT molecular complexity index is 374. The third-order valence-electron chi connectivity index (χ3n) is 4.14. The van der Waals surface area contributed by atoms with Crippen LogP contribution in [0.1, 0.15) is 45.4 Å². The molecule has 0 radical (unpaired) electrons. The minimum Gasteiger partial charge on any atom is -0.389 e. The molecule has 1 heterocycles. The van der Waals surface area contributed by atoms with Crippen LogP contribution in [0.25, 0.3) is 0 Å². The SMILES string of the molecule is CC(C)C1CCCCC1(O)Cc1ncnn1C. The van der Waals surface area contributed by atoms with Crippen LogP contribution >= 0.6 is 0 Å². The van der Waals surface area contributed by atoms with E-state index >= 15 is 0 Å². The molecule has 1 saturated carbocycles. The zero-order valence-corrected chi connectivity index (χ0v) is 11.1. The first-order valence-electron chi connectivity index (χ1n) is 6.58. The monoisotopic (exact) mass is 237 g/mol. The van der Waals surface area contributed by atoms with Gasteiger partial charge in [0.15, 0.2) is 0 Å². The van der Waals surface area contributed by atoms with Crippen molar-refractivity contribution in [3.05, 3.63) is 12.2 Å². The minimum atomic E-state index is -0.590. The predicted molar refractivity (Wildman–Crippen MR) is 66.5 cm³/mol. The molecule has 1 aliphatic rings. The van der Waals surface area contributed by atoms with Gasteiger partial charge in [0.05, 0.1) is 5.60 Å². The van der Waals surface area contributed by atoms with Gasteiger partial charge in [-0.3, -0.25) is 4.68 Å². The highest BCUT2D eigenvalue weighted by Crippen LogP contribution is 2.40. The molecule has 0 saturated heterocycles. The number of hydrogen-bond donors (Lipinski definition) is 1. The molecule has 1 N–H and O–H groups in total. The lowest BCUT2D eigenvalue weighted by Gasteiger charge is -2.42. The van der Waals surface area contributed by atoms with Gasteiger partial charge in [-0.1, -0.05) is 26.7 Å². The maximum absolute atomic E-state index is 10.9. The van der Waals surface area contributed by atoms with Gasteiger partial charge in [0.25, 0.3) is 0 Å². The van der Waals surface area contributed by atoms with Crippen LogP contribution in [0.3, 0.4) is 0 Å². The number of hydrogen-bond acceptors (Lipinski definition) is 3. The van der Waals surface area contributed by atoms with Crippen molar-refractivity contribution >= 4 is 0 Å². The van der Waals surface area contributed by atoms with Crippen molar-refractivity contribution in [1.29, 1.82) is 0 Å². The van der Waals surface area contributed by atoms with E-state index in [2.05, 4.69) is 23.9 Å². The second-order valence-electron chi connectivity index (χ2n) is 5.68. The highest BCUT2D eigenvalue weighted by atomic mass is 16.3. The molecular weight excluding hydrogens is 214 g/mol. The van der Waals surface area contributed by atoms with E-state index < -0.39 is 5.60 Å². The summed E-state index contributed by atoms with van der Waals surface area (Å²) >= 11 is 0. The summed E-state index contributed by atoms with van der Waals surface area (Å²) in [4.78, 5) is 4.24. The molecule has 0 spiro atoms. The normalized spacial score (nSPS) is 29.8. The molecule has 2 rings (SSSR count). The quantitative estimate of drug-likeness (QED) is 0.874. The van der Waals surface area contributed by atoms with Crippen LogP contribution in [0, 0.1) is 11.8 Å². The van der Waals surface area contributed by atoms with Crippen LogP contribution in [0.15, 0.2) is 6.33 Å². The molecule has 96 valence electrons. The molecule has 1 fully saturated rings. The number of rotatable bonds is 3. The van der Waals surface area contributed by atoms with Crippen LogP contribution in [0.4, 0.5) is 0 Å². The zero-order valence-electron chi connectivity index (χ0n) is 11.1. The Labute approximate surface area is 103 Å². The Balaban J connectivity index is 2.18. The van der Waals surface area contributed by atoms with Crippen molar-refractivity contribution in [3.63, 3.8) is 0 Å². The minimum absolute atomic E-state index is 0.382. The molecule has 17 heavy (non-hydrogen) atoms. The number of nitrogens with zero attached hydrogens (tertiary/aromatic N) is 3. The summed E-state index contributed by atoms with van der Waals surface area (Å²) in [5, 5.41) is 15.0. The highest BCUT2D eigenvalue weighted by molar-refractivity contribution is 5.00. The highest BCUT2D eigenvalue weighted by Gasteiger charge is 2.41. The summed E-state index contributed by atoms with van der Waals surface area (Å²) in [6.45, 7) is 4.41. The summed E-state index contributed by atoms with van der Waals surface area (Å²) in [5.74, 6) is 1.79. The van der Waals surface area contributed by atoms with E-state index in [1.54, 1.807) is 11.0 Å². The van der Waals surface area contributed by atoms with Gasteiger partial charge in [0, 0.05) is 13.5 Å². The molecule has 2 unspecified atom stereocenters. The first-order valence-corrected chi connectivity index (χ1v) is 6.58. The number of aromatic nitrogens is 3. The third-order valence-corrected chi connectivity index (χ3v) is 4.14. The maximum Gasteiger partial charge on any atom is 0.138 e. The van der Waals surface area contributed by atoms with E-state index in [9.17, 15) is 5.11 Å². The van der Waals surface area contributed by atoms with Crippen molar-refractivity contribution < 1.29 is 5.11 Å². The van der Waals surface area contributed by atoms with Gasteiger partial charge >= 0.3 is 0 Å². The summed E-state index contributed by atoms with van der Waals surface area (Å²) in [6.07, 6.45) is 6.58. The molecule has 4 nitrogen and oxygen atoms in total. The van der Waals surface area contributed by atoms with E-state index in [0.29, 0.717) is 18.3 Å². The topological polar surface area (TPSA) is 50.9 Å². The second-order valence-corrected chi connectivity index (χ2v) is 5.68. The third kappa shape index (κ3) is 2.51. The van der Waals surface area contributed by atoms with Crippen LogP contribution in [0.2, 0.25) is 0 Å². The van der Waals surface area contributed by atoms with Gasteiger partial charge < -0.3 is 5.11 Å². The van der Waals surface area contributed by atoms with Gasteiger partial charge in [-0.05, 0) is 24.7 Å². The van der Waals surface area contributed by atoms with Gasteiger partial charge in [-0.15, -0.1) is 0 Å². The Hall–Kier alpha value is -0.900. The molecular formula is C13H23N3O. The molecule has 4 heteroatoms. The van der Waals surface area contributed by atoms with E-state index in [1.165, 1.54) is 6.42 Å². The van der Waals surface area contributed by atoms with Crippen molar-refractivity contribution in [2.24, 2.45) is 18.9 Å². The van der Waals surface area contributed by atoms with Gasteiger partial charge in [0.2, 0.25) is 0 Å². The molecule has 0 bridgehead atoms. The molecule has 1 aliphatic carbocycles. The molecule has 0 amide bonds. The summed E-state index contributed by atoms with van der Waals surface area (Å²) < 4.78 is 1.77. The van der Waals surface area contributed by atoms with Gasteiger partial charge in [0.1, 0.15) is 12.2 Å². The van der Waals surface area contributed by atoms with Crippen molar-refractivity contribution in [2.75, 3.05) is 0 Å². The number of aliphatic hydroxyl groups is 1. The fraction of sp³-hybridized carbons (Fsp3) is 0.846. The van der Waals surface area contributed by atoms with E-state index in [-0.39, 0.29) is 0 Å². The molecule has 2 atom stereocenters. The first-order chi connectivity index (χ1) is 8.03. The fourth-order valence-corrected chi connectivity index (χ4v) is 3.18. The average Bonchev–Trinajstić information content (AvgIpc) is 2.64. The summed E-state index contributed by atoms with van der Waals surface area (Å²) in [6, 6.07) is 0. The van der Waals surface area contributed by atoms with Gasteiger partial charge in [-0.25, -0.2) is 4.98 Å². The van der Waals surface area contributed by atoms with Crippen molar-refractivity contribution in [1.82, 2.24) is 14.8 Å². The maximum atomic E-state index is 10.9. The van der Waals surface area contributed by atoms with Crippen LogP contribution in [0.5, 0.6) is 0 Å². The van der Waals surface area contributed by atoms with Crippen LogP contribution in [-0.4, -0.2) is 25.5 Å². The fourth-order valence-electron chi connectivity index (χ4n) is 3.18. The van der Waals surface area contributed by atoms with E-state index in [4.69, 9.17) is 0 Å². The van der Waals surface area contributed by atoms with E-state index in [1.807, 2.05) is 7.05 Å². The summed E-state index contributed by atoms with van der Waals surface area (Å²) in [7, 11) is 1.89. The van der Waals surface area contributed by atoms with Crippen LogP contribution in [-0.2, 0) is 13.5 Å². The first kappa shape index (κ1) is 12.6. The zero-order chi connectivity index (χ0) is 12.5. The molecule has 0 aromatic carbocycles. The average molecular weight is 237 g/mol. The lowest BCUT2D eigenvalue weighted by Crippen LogP contribution is -2.45. The molecule has 0 aliphatic heterocycles. The number of aryl methyl sites for hydroxylation is 1. The van der Waals surface area contributed by atoms with Crippen molar-refractivity contribution in [2.45, 2.75) is 51.6 Å². The van der Waals surface area contributed by atoms with Crippen LogP contribution < -0.4 is 0 Å². The predicted octanol–water partition coefficient (Wildman–Crippen LogP) is 1.93. The molecule has 1 aromatic rings. The summed E-state index contributed by atoms with van der Waals surface area (Å²) in [5.41, 5.74) is -0.590. The standard InChI is InChI=1S/C13H23N3O/c1-10(2)11-6-4-5-7-13(11,17)8-12-14-9-15-16(12)3/h9-11,17H,4-8H2,1-3H3. The lowest BCUT2D eigenvalue weighted by molar-refractivity contribution is -0.0670. The van der Waals surface area contributed by atoms with Crippen molar-refractivity contribution in [3.8, 4) is 0 Å². The Morgan fingerprint density at radius 1 is 1.53 bits per heavy atom. The Kier molecular flexibility index (Phi) is 3.52. The smallest absolute Gasteiger partial charge is 0.138 e. The lowest BCUT2D eigenvalue weighted by atomic mass is 9.68. The largest absolute Gasteiger partial charge is 0.389 e. The van der Waals surface area contributed by atoms with Gasteiger partial charge in [-0.2, -0.15) is 5.10 Å². The Morgan fingerprint density at radius 2 is 2.29 bits per heavy atom.